The fourth-order valence-corrected chi connectivity index (χ4v) is 4.52. The largest absolute Gasteiger partial charge is 0.340 e. The molecule has 3 aromatic rings. The van der Waals surface area contributed by atoms with Gasteiger partial charge in [0, 0.05) is 16.0 Å². The fourth-order valence-electron chi connectivity index (χ4n) is 2.77. The van der Waals surface area contributed by atoms with Crippen LogP contribution in [-0.2, 0) is 0 Å². The first-order valence-electron chi connectivity index (χ1n) is 8.36. The Kier molecular flexibility index (Phi) is 5.08. The number of amides is 2. The van der Waals surface area contributed by atoms with E-state index < -0.39 is 0 Å². The first-order chi connectivity index (χ1) is 13.2. The molecule has 0 unspecified atom stereocenters. The van der Waals surface area contributed by atoms with Gasteiger partial charge in [-0.2, -0.15) is 9.47 Å². The van der Waals surface area contributed by atoms with E-state index in [2.05, 4.69) is 49.4 Å². The van der Waals surface area contributed by atoms with E-state index in [0.717, 1.165) is 17.1 Å². The second kappa shape index (κ2) is 7.81. The van der Waals surface area contributed by atoms with Crippen molar-refractivity contribution in [3.63, 3.8) is 0 Å². The summed E-state index contributed by atoms with van der Waals surface area (Å²) in [5.74, 6) is 0. The lowest BCUT2D eigenvalue weighted by Gasteiger charge is -2.31. The van der Waals surface area contributed by atoms with Gasteiger partial charge in [-0.05, 0) is 48.8 Å². The summed E-state index contributed by atoms with van der Waals surface area (Å²) in [6.45, 7) is 2.43. The monoisotopic (exact) mass is 395 g/mol. The molecule has 0 fully saturated rings. The molecule has 2 N–H and O–H groups in total. The predicted octanol–water partition coefficient (Wildman–Crippen LogP) is 4.86. The Balaban J connectivity index is 1.43. The van der Waals surface area contributed by atoms with Crippen LogP contribution in [0.25, 0.3) is 0 Å². The van der Waals surface area contributed by atoms with Gasteiger partial charge >= 0.3 is 6.03 Å². The van der Waals surface area contributed by atoms with Crippen molar-refractivity contribution in [1.29, 1.82) is 0 Å². The molecule has 0 bridgehead atoms. The number of carbonyl (C=O) groups excluding carboxylic acids is 1. The molecule has 0 spiro atoms. The van der Waals surface area contributed by atoms with E-state index in [9.17, 15) is 4.79 Å². The number of hydrogen-bond donors (Lipinski definition) is 2. The van der Waals surface area contributed by atoms with Gasteiger partial charge in [-0.15, -0.1) is 0 Å². The van der Waals surface area contributed by atoms with Gasteiger partial charge in [-0.1, -0.05) is 36.0 Å². The lowest BCUT2D eigenvalue weighted by molar-refractivity contribution is 0.252. The van der Waals surface area contributed by atoms with Gasteiger partial charge in [0.2, 0.25) is 0 Å². The zero-order chi connectivity index (χ0) is 18.6. The summed E-state index contributed by atoms with van der Waals surface area (Å²) in [6.07, 6.45) is 1.70. The van der Waals surface area contributed by atoms with E-state index in [1.54, 1.807) is 18.0 Å². The minimum absolute atomic E-state index is 0.384. The van der Waals surface area contributed by atoms with Gasteiger partial charge in [0.1, 0.15) is 5.00 Å². The molecule has 4 rings (SSSR count). The molecule has 6 nitrogen and oxygen atoms in total. The molecule has 0 atom stereocenters. The average Bonchev–Trinajstić information content (AvgIpc) is 3.09. The number of aryl methyl sites for hydroxylation is 1. The number of fused-ring (bicyclic) bond motifs is 2. The average molecular weight is 396 g/mol. The number of aromatic nitrogens is 1. The molecular weight excluding hydrogens is 378 g/mol. The summed E-state index contributed by atoms with van der Waals surface area (Å²) >= 11 is 3.00. The first kappa shape index (κ1) is 17.6. The highest BCUT2D eigenvalue weighted by Crippen LogP contribution is 2.47. The van der Waals surface area contributed by atoms with Crippen molar-refractivity contribution < 1.29 is 4.79 Å². The maximum absolute atomic E-state index is 11.9. The van der Waals surface area contributed by atoms with Crippen LogP contribution in [0.1, 0.15) is 5.69 Å². The highest BCUT2D eigenvalue weighted by molar-refractivity contribution is 7.99. The van der Waals surface area contributed by atoms with Crippen molar-refractivity contribution in [3.05, 3.63) is 60.3 Å². The quantitative estimate of drug-likeness (QED) is 0.489. The zero-order valence-corrected chi connectivity index (χ0v) is 16.2. The standard InChI is InChI=1S/C19H17N5OS2/c1-13-12-18(27-23-13)21-19(25)22-20-10-11-24-14-6-2-4-8-16(14)26-17-9-5-3-7-15(17)24/h2-10,12H,11H2,1H3,(H2,21,22,25)/b20-10+. The molecule has 0 aliphatic carbocycles. The number of hydrazone groups is 1. The number of nitrogens with one attached hydrogen (secondary N) is 2. The second-order valence-corrected chi connectivity index (χ2v) is 7.75. The third-order valence-corrected chi connectivity index (χ3v) is 5.84. The molecular formula is C19H17N5OS2. The number of hydrogen-bond acceptors (Lipinski definition) is 6. The second-order valence-electron chi connectivity index (χ2n) is 5.86. The molecule has 1 aliphatic rings. The summed E-state index contributed by atoms with van der Waals surface area (Å²) in [5.41, 5.74) is 5.64. The molecule has 1 aliphatic heterocycles. The molecule has 0 saturated heterocycles. The van der Waals surface area contributed by atoms with Gasteiger partial charge in [0.05, 0.1) is 23.6 Å². The summed E-state index contributed by atoms with van der Waals surface area (Å²) in [6, 6.07) is 18.0. The molecule has 2 amide bonds. The topological polar surface area (TPSA) is 69.6 Å². The van der Waals surface area contributed by atoms with Crippen molar-refractivity contribution in [1.82, 2.24) is 9.80 Å². The van der Waals surface area contributed by atoms with Crippen LogP contribution < -0.4 is 15.6 Å². The first-order valence-corrected chi connectivity index (χ1v) is 9.95. The number of para-hydroxylation sites is 2. The Morgan fingerprint density at radius 2 is 1.81 bits per heavy atom. The Bertz CT molecular complexity index is 956. The third kappa shape index (κ3) is 3.96. The van der Waals surface area contributed by atoms with E-state index in [4.69, 9.17) is 0 Å². The van der Waals surface area contributed by atoms with Crippen molar-refractivity contribution in [2.24, 2.45) is 5.10 Å². The van der Waals surface area contributed by atoms with E-state index in [1.807, 2.05) is 37.3 Å². The smallest absolute Gasteiger partial charge is 0.334 e. The Morgan fingerprint density at radius 1 is 1.15 bits per heavy atom. The molecule has 2 aromatic carbocycles. The number of rotatable bonds is 4. The van der Waals surface area contributed by atoms with E-state index >= 15 is 0 Å². The number of benzene rings is 2. The molecule has 8 heteroatoms. The summed E-state index contributed by atoms with van der Waals surface area (Å²) in [4.78, 5) is 16.5. The summed E-state index contributed by atoms with van der Waals surface area (Å²) in [7, 11) is 0. The molecule has 27 heavy (non-hydrogen) atoms. The summed E-state index contributed by atoms with van der Waals surface area (Å²) in [5, 5.41) is 7.46. The molecule has 0 saturated carbocycles. The predicted molar refractivity (Wildman–Crippen MR) is 112 cm³/mol. The number of carbonyl (C=O) groups is 1. The van der Waals surface area contributed by atoms with Crippen molar-refractivity contribution >= 4 is 51.9 Å². The minimum Gasteiger partial charge on any atom is -0.334 e. The van der Waals surface area contributed by atoms with Crippen LogP contribution in [0.2, 0.25) is 0 Å². The number of nitrogens with zero attached hydrogens (tertiary/aromatic N) is 3. The minimum atomic E-state index is -0.384. The maximum Gasteiger partial charge on any atom is 0.340 e. The van der Waals surface area contributed by atoms with Crippen LogP contribution in [0.5, 0.6) is 0 Å². The van der Waals surface area contributed by atoms with Gasteiger partial charge in [0.25, 0.3) is 0 Å². The lowest BCUT2D eigenvalue weighted by Crippen LogP contribution is -2.26. The van der Waals surface area contributed by atoms with Gasteiger partial charge < -0.3 is 4.90 Å². The molecule has 1 aromatic heterocycles. The Morgan fingerprint density at radius 3 is 2.44 bits per heavy atom. The van der Waals surface area contributed by atoms with Crippen LogP contribution in [0.15, 0.2) is 69.5 Å². The maximum atomic E-state index is 11.9. The van der Waals surface area contributed by atoms with Crippen LogP contribution >= 0.6 is 23.3 Å². The van der Waals surface area contributed by atoms with Gasteiger partial charge in [0.15, 0.2) is 0 Å². The van der Waals surface area contributed by atoms with Crippen LogP contribution in [-0.4, -0.2) is 23.2 Å². The van der Waals surface area contributed by atoms with Gasteiger partial charge in [-0.25, -0.2) is 10.2 Å². The summed E-state index contributed by atoms with van der Waals surface area (Å²) < 4.78 is 4.12. The fraction of sp³-hybridized carbons (Fsp3) is 0.105. The lowest BCUT2D eigenvalue weighted by atomic mass is 10.2. The highest BCUT2D eigenvalue weighted by Gasteiger charge is 2.21. The van der Waals surface area contributed by atoms with Gasteiger partial charge in [-0.3, -0.25) is 5.32 Å². The SMILES string of the molecule is Cc1cc(NC(=O)N/N=C/CN2c3ccccc3Sc3ccccc32)sn1. The highest BCUT2D eigenvalue weighted by atomic mass is 32.2. The van der Waals surface area contributed by atoms with Crippen LogP contribution in [0, 0.1) is 6.92 Å². The van der Waals surface area contributed by atoms with Crippen LogP contribution in [0.3, 0.4) is 0 Å². The Hall–Kier alpha value is -2.84. The van der Waals surface area contributed by atoms with Crippen molar-refractivity contribution in [2.45, 2.75) is 16.7 Å². The Labute approximate surface area is 165 Å². The normalized spacial score (nSPS) is 12.6. The van der Waals surface area contributed by atoms with Crippen molar-refractivity contribution in [2.75, 3.05) is 16.8 Å². The molecule has 0 radical (unpaired) electrons. The third-order valence-electron chi connectivity index (χ3n) is 3.92. The van der Waals surface area contributed by atoms with E-state index in [-0.39, 0.29) is 6.03 Å². The zero-order valence-electron chi connectivity index (χ0n) is 14.5. The van der Waals surface area contributed by atoms with E-state index in [1.165, 1.54) is 21.3 Å². The molecule has 2 heterocycles. The molecule has 136 valence electrons. The van der Waals surface area contributed by atoms with Crippen LogP contribution in [0.4, 0.5) is 21.2 Å². The van der Waals surface area contributed by atoms with Crippen molar-refractivity contribution in [3.8, 4) is 0 Å². The number of anilines is 3. The number of urea groups is 1. The van der Waals surface area contributed by atoms with E-state index in [0.29, 0.717) is 11.5 Å².